The molecule has 0 N–H and O–H groups in total. The number of hydrogen-bond donors (Lipinski definition) is 0. The number of halogens is 6. The van der Waals surface area contributed by atoms with Gasteiger partial charge in [-0.25, -0.2) is 18.3 Å². The number of aromatic nitrogens is 2. The van der Waals surface area contributed by atoms with Gasteiger partial charge in [-0.1, -0.05) is 41.9 Å². The topological polar surface area (TPSA) is 116 Å². The molecule has 1 fully saturated rings. The number of benzene rings is 3. The largest absolute Gasteiger partial charge is 0.480 e. The Labute approximate surface area is 304 Å². The summed E-state index contributed by atoms with van der Waals surface area (Å²) in [6, 6.07) is 12.4. The lowest BCUT2D eigenvalue weighted by Gasteiger charge is -2.40. The summed E-state index contributed by atoms with van der Waals surface area (Å²) in [7, 11) is 0. The molecular formula is C37H30ClF5N4O6. The van der Waals surface area contributed by atoms with Crippen molar-refractivity contribution in [3.63, 3.8) is 0 Å². The quantitative estimate of drug-likeness (QED) is 0.164. The van der Waals surface area contributed by atoms with Gasteiger partial charge >= 0.3 is 17.8 Å². The van der Waals surface area contributed by atoms with E-state index in [1.165, 1.54) is 0 Å². The van der Waals surface area contributed by atoms with Crippen molar-refractivity contribution in [1.29, 1.82) is 5.26 Å². The van der Waals surface area contributed by atoms with E-state index in [1.807, 2.05) is 18.2 Å². The highest BCUT2D eigenvalue weighted by molar-refractivity contribution is 6.34. The third-order valence-electron chi connectivity index (χ3n) is 9.26. The first-order valence-electron chi connectivity index (χ1n) is 16.6. The minimum atomic E-state index is -4.57. The zero-order chi connectivity index (χ0) is 38.0. The van der Waals surface area contributed by atoms with E-state index in [1.54, 1.807) is 43.9 Å². The minimum Gasteiger partial charge on any atom is -0.480 e. The number of carbonyl (C=O) groups excluding carboxylic acids is 1. The fourth-order valence-electron chi connectivity index (χ4n) is 7.06. The monoisotopic (exact) mass is 756 g/mol. The molecule has 53 heavy (non-hydrogen) atoms. The van der Waals surface area contributed by atoms with E-state index in [2.05, 4.69) is 5.10 Å². The Hall–Kier alpha value is -5.36. The third kappa shape index (κ3) is 6.39. The number of rotatable bonds is 5. The van der Waals surface area contributed by atoms with Gasteiger partial charge in [-0.3, -0.25) is 4.79 Å². The maximum atomic E-state index is 16.9. The molecular weight excluding hydrogens is 727 g/mol. The van der Waals surface area contributed by atoms with Crippen LogP contribution in [0.1, 0.15) is 56.7 Å². The fraction of sp³-hybridized carbons (Fsp3) is 0.351. The summed E-state index contributed by atoms with van der Waals surface area (Å²) in [6.45, 7) is 4.80. The Balaban J connectivity index is 1.34. The van der Waals surface area contributed by atoms with Crippen LogP contribution in [0.15, 0.2) is 53.5 Å². The molecule has 1 saturated heterocycles. The average Bonchev–Trinajstić information content (AvgIpc) is 3.74. The second-order valence-corrected chi connectivity index (χ2v) is 14.3. The van der Waals surface area contributed by atoms with Crippen molar-refractivity contribution in [2.24, 2.45) is 0 Å². The number of nitriles is 1. The third-order valence-corrected chi connectivity index (χ3v) is 9.62. The molecule has 2 atom stereocenters. The van der Waals surface area contributed by atoms with E-state index < -0.39 is 93.3 Å². The van der Waals surface area contributed by atoms with Crippen LogP contribution in [0.4, 0.5) is 26.7 Å². The molecule has 0 aliphatic carbocycles. The van der Waals surface area contributed by atoms with Crippen LogP contribution in [0, 0.1) is 23.0 Å². The molecule has 4 aromatic rings. The summed E-state index contributed by atoms with van der Waals surface area (Å²) < 4.78 is 95.4. The zero-order valence-electron chi connectivity index (χ0n) is 28.4. The summed E-state index contributed by atoms with van der Waals surface area (Å²) in [6.07, 6.45) is -4.51. The van der Waals surface area contributed by atoms with Crippen molar-refractivity contribution in [1.82, 2.24) is 14.7 Å². The maximum absolute atomic E-state index is 16.9. The minimum absolute atomic E-state index is 0.00826. The number of alkyl halides is 3. The molecule has 0 unspecified atom stereocenters. The van der Waals surface area contributed by atoms with Gasteiger partial charge in [0.1, 0.15) is 23.2 Å². The summed E-state index contributed by atoms with van der Waals surface area (Å²) >= 11 is 6.63. The van der Waals surface area contributed by atoms with Gasteiger partial charge in [0.15, 0.2) is 22.9 Å². The Morgan fingerprint density at radius 2 is 1.79 bits per heavy atom. The van der Waals surface area contributed by atoms with Gasteiger partial charge in [0.05, 0.1) is 35.8 Å². The van der Waals surface area contributed by atoms with Gasteiger partial charge in [-0.2, -0.15) is 23.5 Å². The molecule has 3 aliphatic rings. The van der Waals surface area contributed by atoms with Crippen molar-refractivity contribution >= 4 is 17.7 Å². The Kier molecular flexibility index (Phi) is 8.80. The van der Waals surface area contributed by atoms with Crippen LogP contribution in [0.2, 0.25) is 5.02 Å². The number of amides is 1. The molecule has 276 valence electrons. The maximum Gasteiger partial charge on any atom is 0.410 e. The molecule has 0 bridgehead atoms. The van der Waals surface area contributed by atoms with Crippen LogP contribution in [0.25, 0.3) is 11.1 Å². The first-order valence-corrected chi connectivity index (χ1v) is 16.9. The van der Waals surface area contributed by atoms with Crippen LogP contribution in [-0.2, 0) is 23.3 Å². The Morgan fingerprint density at radius 3 is 2.47 bits per heavy atom. The number of aryl methyl sites for hydroxylation is 1. The lowest BCUT2D eigenvalue weighted by Crippen LogP contribution is -2.53. The van der Waals surface area contributed by atoms with Crippen molar-refractivity contribution < 1.29 is 45.7 Å². The van der Waals surface area contributed by atoms with Crippen LogP contribution in [0.5, 0.6) is 28.7 Å². The van der Waals surface area contributed by atoms with Crippen molar-refractivity contribution in [2.45, 2.75) is 76.4 Å². The average molecular weight is 757 g/mol. The Bertz CT molecular complexity index is 2250. The number of nitrogens with zero attached hydrogens (tertiary/aromatic N) is 4. The van der Waals surface area contributed by atoms with Gasteiger partial charge in [0.25, 0.3) is 0 Å². The van der Waals surface area contributed by atoms with Gasteiger partial charge < -0.3 is 23.8 Å². The van der Waals surface area contributed by atoms with E-state index in [9.17, 15) is 28.0 Å². The summed E-state index contributed by atoms with van der Waals surface area (Å²) in [5.74, 6) is -4.17. The number of fused-ring (bicyclic) bond motifs is 3. The highest BCUT2D eigenvalue weighted by Crippen LogP contribution is 2.55. The van der Waals surface area contributed by atoms with E-state index in [4.69, 9.17) is 30.5 Å². The lowest BCUT2D eigenvalue weighted by atomic mass is 9.79. The van der Waals surface area contributed by atoms with E-state index in [-0.39, 0.29) is 28.9 Å². The predicted octanol–water partition coefficient (Wildman–Crippen LogP) is 8.79. The second-order valence-electron chi connectivity index (χ2n) is 13.9. The first kappa shape index (κ1) is 36.0. The fourth-order valence-corrected chi connectivity index (χ4v) is 7.32. The van der Waals surface area contributed by atoms with Crippen LogP contribution >= 0.6 is 11.6 Å². The standard InChI is InChI=1S/C37H30ClF5N4O6/c1-35(2,3)53-34(49)46-12-7-10-26(46)36(20-8-5-4-6-9-20)16-21-23(52-36)15-22(39)29(38)28(21)27-19(17-44)14-24-31(30(27)40)51-25-18-45-47(13-11-37(41,42)43)33(48)32(25)50-24/h4-6,8-9,14-15,18,26H,7,10-13,16H2,1-3H3/t26-,36-/m0/s1. The Morgan fingerprint density at radius 1 is 1.08 bits per heavy atom. The summed E-state index contributed by atoms with van der Waals surface area (Å²) in [4.78, 5) is 28.1. The number of carbonyl (C=O) groups is 1. The molecule has 4 heterocycles. The molecule has 0 spiro atoms. The van der Waals surface area contributed by atoms with Crippen molar-refractivity contribution in [2.75, 3.05) is 6.54 Å². The highest BCUT2D eigenvalue weighted by atomic mass is 35.5. The normalized spacial score (nSPS) is 18.9. The summed E-state index contributed by atoms with van der Waals surface area (Å²) in [5.41, 5.74) is -3.34. The van der Waals surface area contributed by atoms with Gasteiger partial charge in [0, 0.05) is 41.8 Å². The molecule has 0 saturated carbocycles. The predicted molar refractivity (Wildman–Crippen MR) is 179 cm³/mol. The van der Waals surface area contributed by atoms with Gasteiger partial charge in [-0.15, -0.1) is 0 Å². The molecule has 1 aromatic heterocycles. The first-order chi connectivity index (χ1) is 25.0. The molecule has 1 amide bonds. The molecule has 3 aromatic carbocycles. The van der Waals surface area contributed by atoms with Crippen LogP contribution in [0.3, 0.4) is 0 Å². The molecule has 3 aliphatic heterocycles. The highest BCUT2D eigenvalue weighted by Gasteiger charge is 2.54. The number of ether oxygens (including phenoxy) is 4. The summed E-state index contributed by atoms with van der Waals surface area (Å²) in [5, 5.41) is 13.5. The molecule has 16 heteroatoms. The van der Waals surface area contributed by atoms with Crippen LogP contribution < -0.4 is 19.8 Å². The van der Waals surface area contributed by atoms with Gasteiger partial charge in [-0.05, 0) is 39.2 Å². The van der Waals surface area contributed by atoms with Crippen molar-refractivity contribution in [3.05, 3.63) is 92.4 Å². The lowest BCUT2D eigenvalue weighted by molar-refractivity contribution is -0.137. The zero-order valence-corrected chi connectivity index (χ0v) is 29.2. The molecule has 7 rings (SSSR count). The van der Waals surface area contributed by atoms with E-state index >= 15 is 8.78 Å². The molecule has 10 nitrogen and oxygen atoms in total. The number of hydrogen-bond acceptors (Lipinski definition) is 8. The smallest absolute Gasteiger partial charge is 0.410 e. The van der Waals surface area contributed by atoms with Gasteiger partial charge in [0.2, 0.25) is 11.5 Å². The SMILES string of the molecule is CC(C)(C)OC(=O)N1CCC[C@H]1[C@@]1(c2ccccc2)Cc2c(cc(F)c(Cl)c2-c2c(C#N)cc3c(c2F)Oc2cnn(CCC(F)(F)F)c(=O)c2O3)O1. The number of likely N-dealkylation sites (tertiary alicyclic amines) is 1. The second kappa shape index (κ2) is 12.9. The van der Waals surface area contributed by atoms with Crippen LogP contribution in [-0.4, -0.2) is 45.1 Å². The van der Waals surface area contributed by atoms with E-state index in [0.717, 1.165) is 18.3 Å². The van der Waals surface area contributed by atoms with E-state index in [0.29, 0.717) is 29.6 Å². The molecule has 0 radical (unpaired) electrons. The van der Waals surface area contributed by atoms with Crippen molar-refractivity contribution in [3.8, 4) is 45.9 Å².